The molecule has 126 valence electrons. The van der Waals surface area contributed by atoms with Crippen molar-refractivity contribution in [3.05, 3.63) is 33.8 Å². The lowest BCUT2D eigenvalue weighted by atomic mass is 9.90. The molecule has 0 atom stereocenters. The quantitative estimate of drug-likeness (QED) is 0.747. The van der Waals surface area contributed by atoms with Crippen molar-refractivity contribution in [1.82, 2.24) is 4.90 Å². The fourth-order valence-electron chi connectivity index (χ4n) is 2.53. The van der Waals surface area contributed by atoms with Crippen molar-refractivity contribution in [1.29, 1.82) is 0 Å². The number of carbonyl (C=O) groups excluding carboxylic acids is 2. The van der Waals surface area contributed by atoms with Gasteiger partial charge in [-0.3, -0.25) is 0 Å². The van der Waals surface area contributed by atoms with Gasteiger partial charge >= 0.3 is 12.1 Å². The summed E-state index contributed by atoms with van der Waals surface area (Å²) in [6.07, 6.45) is 0.444. The zero-order valence-electron chi connectivity index (χ0n) is 13.9. The Bertz CT molecular complexity index is 603. The molecule has 0 N–H and O–H groups in total. The molecule has 0 spiro atoms. The van der Waals surface area contributed by atoms with Crippen molar-refractivity contribution in [3.63, 3.8) is 0 Å². The number of carbonyl (C=O) groups is 2. The number of methoxy groups -OCH3 is 1. The molecule has 1 aromatic rings. The summed E-state index contributed by atoms with van der Waals surface area (Å²) < 4.78 is 11.1. The van der Waals surface area contributed by atoms with Crippen LogP contribution in [0, 0.1) is 5.92 Å². The summed E-state index contributed by atoms with van der Waals surface area (Å²) in [6.45, 7) is 6.84. The van der Waals surface area contributed by atoms with Crippen LogP contribution in [0.15, 0.2) is 22.7 Å². The number of halogens is 1. The molecule has 1 fully saturated rings. The summed E-state index contributed by atoms with van der Waals surface area (Å²) in [6, 6.07) is 5.52. The fourth-order valence-corrected chi connectivity index (χ4v) is 2.93. The maximum absolute atomic E-state index is 11.9. The molecule has 2 rings (SSSR count). The molecule has 1 saturated heterocycles. The van der Waals surface area contributed by atoms with Gasteiger partial charge in [-0.15, -0.1) is 0 Å². The van der Waals surface area contributed by atoms with E-state index in [0.29, 0.717) is 24.6 Å². The second-order valence-electron chi connectivity index (χ2n) is 6.75. The van der Waals surface area contributed by atoms with Gasteiger partial charge in [-0.05, 0) is 56.9 Å². The van der Waals surface area contributed by atoms with Crippen LogP contribution in [0.5, 0.6) is 0 Å². The molecule has 23 heavy (non-hydrogen) atoms. The van der Waals surface area contributed by atoms with E-state index >= 15 is 0 Å². The smallest absolute Gasteiger partial charge is 0.410 e. The number of hydrogen-bond donors (Lipinski definition) is 0. The van der Waals surface area contributed by atoms with Crippen LogP contribution in [0.3, 0.4) is 0 Å². The second kappa shape index (κ2) is 6.91. The standard InChI is InChI=1S/C17H22BrNO4/c1-17(2,3)23-16(21)19-9-11(10-19)7-12-8-13(18)5-6-14(12)15(20)22-4/h5-6,8,11H,7,9-10H2,1-4H3. The van der Waals surface area contributed by atoms with E-state index in [-0.39, 0.29) is 12.1 Å². The Morgan fingerprint density at radius 2 is 1.96 bits per heavy atom. The van der Waals surface area contributed by atoms with Gasteiger partial charge in [0.2, 0.25) is 0 Å². The second-order valence-corrected chi connectivity index (χ2v) is 7.66. The minimum atomic E-state index is -0.482. The number of benzene rings is 1. The molecule has 1 aromatic carbocycles. The summed E-state index contributed by atoms with van der Waals surface area (Å²) in [5, 5.41) is 0. The number of amides is 1. The van der Waals surface area contributed by atoms with E-state index in [2.05, 4.69) is 15.9 Å². The van der Waals surface area contributed by atoms with E-state index in [4.69, 9.17) is 9.47 Å². The first-order valence-electron chi connectivity index (χ1n) is 7.54. The lowest BCUT2D eigenvalue weighted by molar-refractivity contribution is -0.000976. The first-order chi connectivity index (χ1) is 10.7. The maximum atomic E-state index is 11.9. The van der Waals surface area contributed by atoms with Crippen LogP contribution in [-0.4, -0.2) is 42.8 Å². The van der Waals surface area contributed by atoms with Gasteiger partial charge in [0.1, 0.15) is 5.60 Å². The van der Waals surface area contributed by atoms with E-state index in [1.165, 1.54) is 7.11 Å². The lowest BCUT2D eigenvalue weighted by Crippen LogP contribution is -2.52. The first kappa shape index (κ1) is 17.8. The number of rotatable bonds is 3. The molecule has 1 amide bonds. The predicted octanol–water partition coefficient (Wildman–Crippen LogP) is 3.65. The molecule has 1 aliphatic rings. The third kappa shape index (κ3) is 4.70. The number of ether oxygens (including phenoxy) is 2. The van der Waals surface area contributed by atoms with E-state index in [1.807, 2.05) is 32.9 Å². The maximum Gasteiger partial charge on any atom is 0.410 e. The predicted molar refractivity (Wildman–Crippen MR) is 90.5 cm³/mol. The van der Waals surface area contributed by atoms with E-state index < -0.39 is 5.60 Å². The first-order valence-corrected chi connectivity index (χ1v) is 8.33. The largest absolute Gasteiger partial charge is 0.465 e. The van der Waals surface area contributed by atoms with Gasteiger partial charge in [-0.25, -0.2) is 9.59 Å². The lowest BCUT2D eigenvalue weighted by Gasteiger charge is -2.40. The highest BCUT2D eigenvalue weighted by atomic mass is 79.9. The highest BCUT2D eigenvalue weighted by Gasteiger charge is 2.34. The van der Waals surface area contributed by atoms with Crippen molar-refractivity contribution in [3.8, 4) is 0 Å². The average Bonchev–Trinajstić information content (AvgIpc) is 2.39. The Morgan fingerprint density at radius 3 is 2.52 bits per heavy atom. The fraction of sp³-hybridized carbons (Fsp3) is 0.529. The monoisotopic (exact) mass is 383 g/mol. The van der Waals surface area contributed by atoms with E-state index in [0.717, 1.165) is 16.5 Å². The highest BCUT2D eigenvalue weighted by Crippen LogP contribution is 2.26. The molecule has 1 aliphatic heterocycles. The molecule has 0 saturated carbocycles. The zero-order valence-corrected chi connectivity index (χ0v) is 15.5. The number of nitrogens with zero attached hydrogens (tertiary/aromatic N) is 1. The Balaban J connectivity index is 1.97. The Labute approximate surface area is 145 Å². The molecular weight excluding hydrogens is 362 g/mol. The van der Waals surface area contributed by atoms with Gasteiger partial charge in [0.25, 0.3) is 0 Å². The van der Waals surface area contributed by atoms with Gasteiger partial charge in [0, 0.05) is 17.6 Å². The van der Waals surface area contributed by atoms with Crippen LogP contribution in [0.2, 0.25) is 0 Å². The molecular formula is C17H22BrNO4. The topological polar surface area (TPSA) is 55.8 Å². The van der Waals surface area contributed by atoms with Crippen molar-refractivity contribution >= 4 is 28.0 Å². The van der Waals surface area contributed by atoms with Crippen molar-refractivity contribution < 1.29 is 19.1 Å². The van der Waals surface area contributed by atoms with Gasteiger partial charge in [-0.1, -0.05) is 15.9 Å². The Hall–Kier alpha value is -1.56. The summed E-state index contributed by atoms with van der Waals surface area (Å²) in [5.41, 5.74) is 1.02. The third-order valence-electron chi connectivity index (χ3n) is 3.59. The molecule has 1 heterocycles. The average molecular weight is 384 g/mol. The molecule has 0 radical (unpaired) electrons. The molecule has 0 unspecified atom stereocenters. The van der Waals surface area contributed by atoms with Crippen molar-refractivity contribution in [2.24, 2.45) is 5.92 Å². The van der Waals surface area contributed by atoms with Gasteiger partial charge in [0.15, 0.2) is 0 Å². The van der Waals surface area contributed by atoms with Gasteiger partial charge < -0.3 is 14.4 Å². The third-order valence-corrected chi connectivity index (χ3v) is 4.08. The van der Waals surface area contributed by atoms with E-state index in [1.54, 1.807) is 11.0 Å². The normalized spacial score (nSPS) is 15.1. The van der Waals surface area contributed by atoms with Crippen LogP contribution >= 0.6 is 15.9 Å². The van der Waals surface area contributed by atoms with Crippen LogP contribution in [0.4, 0.5) is 4.79 Å². The number of esters is 1. The Morgan fingerprint density at radius 1 is 1.30 bits per heavy atom. The van der Waals surface area contributed by atoms with Crippen molar-refractivity contribution in [2.75, 3.05) is 20.2 Å². The van der Waals surface area contributed by atoms with Crippen LogP contribution in [-0.2, 0) is 15.9 Å². The highest BCUT2D eigenvalue weighted by molar-refractivity contribution is 9.10. The minimum absolute atomic E-state index is 0.281. The van der Waals surface area contributed by atoms with Crippen molar-refractivity contribution in [2.45, 2.75) is 32.8 Å². The Kier molecular flexibility index (Phi) is 5.34. The molecule has 0 aromatic heterocycles. The zero-order chi connectivity index (χ0) is 17.2. The summed E-state index contributed by atoms with van der Waals surface area (Å²) in [5.74, 6) is -0.0175. The number of likely N-dealkylation sites (tertiary alicyclic amines) is 1. The molecule has 0 aliphatic carbocycles. The molecule has 5 nitrogen and oxygen atoms in total. The van der Waals surface area contributed by atoms with E-state index in [9.17, 15) is 9.59 Å². The van der Waals surface area contributed by atoms with Crippen LogP contribution < -0.4 is 0 Å². The SMILES string of the molecule is COC(=O)c1ccc(Br)cc1CC1CN(C(=O)OC(C)(C)C)C1. The number of hydrogen-bond acceptors (Lipinski definition) is 4. The molecule has 0 bridgehead atoms. The van der Waals surface area contributed by atoms with Crippen LogP contribution in [0.1, 0.15) is 36.7 Å². The minimum Gasteiger partial charge on any atom is -0.465 e. The van der Waals surface area contributed by atoms with Gasteiger partial charge in [0.05, 0.1) is 12.7 Å². The summed E-state index contributed by atoms with van der Waals surface area (Å²) in [4.78, 5) is 25.5. The van der Waals surface area contributed by atoms with Crippen LogP contribution in [0.25, 0.3) is 0 Å². The molecule has 6 heteroatoms. The summed E-state index contributed by atoms with van der Waals surface area (Å²) >= 11 is 3.43. The van der Waals surface area contributed by atoms with Gasteiger partial charge in [-0.2, -0.15) is 0 Å². The summed E-state index contributed by atoms with van der Waals surface area (Å²) in [7, 11) is 1.38.